The van der Waals surface area contributed by atoms with Gasteiger partial charge in [-0.1, -0.05) is 36.6 Å². The second kappa shape index (κ2) is 4.24. The van der Waals surface area contributed by atoms with Gasteiger partial charge in [0, 0.05) is 6.54 Å². The molecule has 84 valence electrons. The molecule has 0 bridgehead atoms. The molecule has 0 N–H and O–H groups in total. The number of benzene rings is 1. The van der Waals surface area contributed by atoms with Gasteiger partial charge in [-0.15, -0.1) is 5.10 Å². The van der Waals surface area contributed by atoms with Crippen LogP contribution in [0.5, 0.6) is 0 Å². The lowest BCUT2D eigenvalue weighted by Gasteiger charge is -2.21. The van der Waals surface area contributed by atoms with Crippen LogP contribution in [0.1, 0.15) is 32.1 Å². The van der Waals surface area contributed by atoms with E-state index in [0.29, 0.717) is 0 Å². The third-order valence-corrected chi connectivity index (χ3v) is 3.58. The first-order valence-corrected chi connectivity index (χ1v) is 6.22. The molecule has 0 atom stereocenters. The summed E-state index contributed by atoms with van der Waals surface area (Å²) in [7, 11) is 0. The Morgan fingerprint density at radius 3 is 2.81 bits per heavy atom. The first kappa shape index (κ1) is 9.82. The van der Waals surface area contributed by atoms with Gasteiger partial charge in [-0.25, -0.2) is 4.68 Å². The average molecular weight is 215 g/mol. The zero-order valence-electron chi connectivity index (χ0n) is 9.47. The molecule has 0 unspecified atom stereocenters. The van der Waals surface area contributed by atoms with Gasteiger partial charge in [0.2, 0.25) is 0 Å². The third-order valence-electron chi connectivity index (χ3n) is 3.58. The van der Waals surface area contributed by atoms with Crippen molar-refractivity contribution >= 4 is 11.0 Å². The number of para-hydroxylation sites is 1. The molecular formula is C13H17N3. The first-order chi connectivity index (χ1) is 7.93. The second-order valence-electron chi connectivity index (χ2n) is 4.76. The molecule has 1 aliphatic carbocycles. The zero-order valence-corrected chi connectivity index (χ0v) is 9.47. The summed E-state index contributed by atoms with van der Waals surface area (Å²) in [5.41, 5.74) is 2.19. The first-order valence-electron chi connectivity index (χ1n) is 6.22. The number of hydrogen-bond acceptors (Lipinski definition) is 2. The van der Waals surface area contributed by atoms with Crippen LogP contribution in [0.15, 0.2) is 24.3 Å². The maximum absolute atomic E-state index is 4.26. The molecule has 3 rings (SSSR count). The number of fused-ring (bicyclic) bond motifs is 1. The topological polar surface area (TPSA) is 30.7 Å². The third kappa shape index (κ3) is 1.82. The monoisotopic (exact) mass is 215 g/mol. The fourth-order valence-electron chi connectivity index (χ4n) is 2.67. The maximum atomic E-state index is 4.26. The summed E-state index contributed by atoms with van der Waals surface area (Å²) < 4.78 is 2.07. The predicted octanol–water partition coefficient (Wildman–Crippen LogP) is 3.01. The second-order valence-corrected chi connectivity index (χ2v) is 4.76. The van der Waals surface area contributed by atoms with E-state index in [0.717, 1.165) is 18.0 Å². The van der Waals surface area contributed by atoms with Gasteiger partial charge in [-0.3, -0.25) is 0 Å². The largest absolute Gasteiger partial charge is 0.244 e. The molecule has 3 heteroatoms. The lowest BCUT2D eigenvalue weighted by atomic mass is 9.89. The number of nitrogens with zero attached hydrogens (tertiary/aromatic N) is 3. The summed E-state index contributed by atoms with van der Waals surface area (Å²) in [4.78, 5) is 0. The molecule has 1 aromatic carbocycles. The fourth-order valence-corrected chi connectivity index (χ4v) is 2.67. The van der Waals surface area contributed by atoms with Crippen LogP contribution < -0.4 is 0 Å². The van der Waals surface area contributed by atoms with E-state index in [2.05, 4.69) is 27.1 Å². The van der Waals surface area contributed by atoms with E-state index >= 15 is 0 Å². The fraction of sp³-hybridized carbons (Fsp3) is 0.538. The molecule has 0 saturated heterocycles. The lowest BCUT2D eigenvalue weighted by Crippen LogP contribution is -2.15. The highest BCUT2D eigenvalue weighted by Gasteiger charge is 2.15. The van der Waals surface area contributed by atoms with Crippen molar-refractivity contribution in [2.45, 2.75) is 38.6 Å². The van der Waals surface area contributed by atoms with Crippen molar-refractivity contribution in [1.29, 1.82) is 0 Å². The molecule has 16 heavy (non-hydrogen) atoms. The van der Waals surface area contributed by atoms with E-state index in [1.54, 1.807) is 0 Å². The SMILES string of the molecule is c1ccc2c(c1)nnn2CC1CCCCC1. The van der Waals surface area contributed by atoms with Crippen molar-refractivity contribution in [3.63, 3.8) is 0 Å². The van der Waals surface area contributed by atoms with Crippen LogP contribution in [0.25, 0.3) is 11.0 Å². The summed E-state index contributed by atoms with van der Waals surface area (Å²) in [5.74, 6) is 0.804. The summed E-state index contributed by atoms with van der Waals surface area (Å²) in [6.07, 6.45) is 6.89. The highest BCUT2D eigenvalue weighted by Crippen LogP contribution is 2.25. The van der Waals surface area contributed by atoms with Crippen molar-refractivity contribution in [2.75, 3.05) is 0 Å². The van der Waals surface area contributed by atoms with Gasteiger partial charge < -0.3 is 0 Å². The van der Waals surface area contributed by atoms with Gasteiger partial charge in [0.1, 0.15) is 5.52 Å². The molecular weight excluding hydrogens is 198 g/mol. The quantitative estimate of drug-likeness (QED) is 0.771. The Kier molecular flexibility index (Phi) is 2.60. The van der Waals surface area contributed by atoms with Gasteiger partial charge in [0.15, 0.2) is 0 Å². The summed E-state index contributed by atoms with van der Waals surface area (Å²) in [6.45, 7) is 1.04. The Labute approximate surface area is 95.5 Å². The van der Waals surface area contributed by atoms with Gasteiger partial charge in [-0.05, 0) is 30.9 Å². The number of aromatic nitrogens is 3. The molecule has 0 spiro atoms. The minimum absolute atomic E-state index is 0.804. The van der Waals surface area contributed by atoms with Crippen molar-refractivity contribution in [1.82, 2.24) is 15.0 Å². The number of hydrogen-bond donors (Lipinski definition) is 0. The molecule has 1 fully saturated rings. The molecule has 1 aliphatic rings. The van der Waals surface area contributed by atoms with Crippen LogP contribution >= 0.6 is 0 Å². The van der Waals surface area contributed by atoms with E-state index in [4.69, 9.17) is 0 Å². The van der Waals surface area contributed by atoms with Crippen LogP contribution in [0.2, 0.25) is 0 Å². The smallest absolute Gasteiger partial charge is 0.113 e. The van der Waals surface area contributed by atoms with E-state index < -0.39 is 0 Å². The molecule has 3 nitrogen and oxygen atoms in total. The van der Waals surface area contributed by atoms with Crippen molar-refractivity contribution < 1.29 is 0 Å². The Hall–Kier alpha value is -1.38. The minimum atomic E-state index is 0.804. The van der Waals surface area contributed by atoms with Gasteiger partial charge >= 0.3 is 0 Å². The lowest BCUT2D eigenvalue weighted by molar-refractivity contribution is 0.309. The van der Waals surface area contributed by atoms with E-state index in [1.807, 2.05) is 12.1 Å². The predicted molar refractivity (Wildman–Crippen MR) is 64.1 cm³/mol. The molecule has 0 radical (unpaired) electrons. The molecule has 1 aromatic heterocycles. The Morgan fingerprint density at radius 2 is 1.94 bits per heavy atom. The summed E-state index contributed by atoms with van der Waals surface area (Å²) in [5, 5.41) is 8.45. The van der Waals surface area contributed by atoms with Crippen molar-refractivity contribution in [2.24, 2.45) is 5.92 Å². The van der Waals surface area contributed by atoms with Crippen molar-refractivity contribution in [3.05, 3.63) is 24.3 Å². The average Bonchev–Trinajstić information content (AvgIpc) is 2.74. The highest BCUT2D eigenvalue weighted by molar-refractivity contribution is 5.73. The number of rotatable bonds is 2. The van der Waals surface area contributed by atoms with Crippen LogP contribution in [-0.4, -0.2) is 15.0 Å². The molecule has 2 aromatic rings. The van der Waals surface area contributed by atoms with E-state index in [1.165, 1.54) is 37.6 Å². The Balaban J connectivity index is 1.83. The van der Waals surface area contributed by atoms with Crippen molar-refractivity contribution in [3.8, 4) is 0 Å². The van der Waals surface area contributed by atoms with Gasteiger partial charge in [-0.2, -0.15) is 0 Å². The van der Waals surface area contributed by atoms with Crippen LogP contribution in [0.3, 0.4) is 0 Å². The van der Waals surface area contributed by atoms with Crippen LogP contribution in [0.4, 0.5) is 0 Å². The molecule has 0 amide bonds. The standard InChI is InChI=1S/C13H17N3/c1-2-6-11(7-3-1)10-16-13-9-5-4-8-12(13)14-15-16/h4-5,8-9,11H,1-3,6-7,10H2. The summed E-state index contributed by atoms with van der Waals surface area (Å²) >= 11 is 0. The zero-order chi connectivity index (χ0) is 10.8. The van der Waals surface area contributed by atoms with E-state index in [9.17, 15) is 0 Å². The maximum Gasteiger partial charge on any atom is 0.113 e. The summed E-state index contributed by atoms with van der Waals surface area (Å²) in [6, 6.07) is 8.21. The van der Waals surface area contributed by atoms with Gasteiger partial charge in [0.05, 0.1) is 5.52 Å². The Morgan fingerprint density at radius 1 is 1.12 bits per heavy atom. The minimum Gasteiger partial charge on any atom is -0.244 e. The highest BCUT2D eigenvalue weighted by atomic mass is 15.4. The van der Waals surface area contributed by atoms with Gasteiger partial charge in [0.25, 0.3) is 0 Å². The normalized spacial score (nSPS) is 18.0. The van der Waals surface area contributed by atoms with E-state index in [-0.39, 0.29) is 0 Å². The van der Waals surface area contributed by atoms with Crippen LogP contribution in [-0.2, 0) is 6.54 Å². The van der Waals surface area contributed by atoms with Crippen LogP contribution in [0, 0.1) is 5.92 Å². The molecule has 1 heterocycles. The Bertz CT molecular complexity index is 469. The molecule has 1 saturated carbocycles. The molecule has 0 aliphatic heterocycles.